The van der Waals surface area contributed by atoms with Crippen LogP contribution in [0.25, 0.3) is 6.08 Å². The number of hydrogen-bond acceptors (Lipinski definition) is 13. The molecule has 0 fully saturated rings. The number of unbranched alkanes of at least 4 members (excludes halogenated alkanes) is 1. The van der Waals surface area contributed by atoms with Crippen LogP contribution < -0.4 is 30.7 Å². The first-order chi connectivity index (χ1) is 35.6. The number of carbonyl (C=O) groups excluding carboxylic acids is 3. The smallest absolute Gasteiger partial charge is 0.493 e. The van der Waals surface area contributed by atoms with Gasteiger partial charge in [0.15, 0.2) is 17.2 Å². The lowest BCUT2D eigenvalue weighted by Gasteiger charge is -2.32. The number of carbonyl (C=O) groups is 3. The number of amides is 3. The van der Waals surface area contributed by atoms with Gasteiger partial charge >= 0.3 is 6.97 Å². The van der Waals surface area contributed by atoms with Gasteiger partial charge in [-0.25, -0.2) is 4.98 Å². The number of nitrogens with one attached hydrogen (secondary N) is 4. The molecule has 2 atom stereocenters. The largest absolute Gasteiger partial charge is 0.737 e. The highest BCUT2D eigenvalue weighted by Crippen LogP contribution is 2.40. The molecule has 2 aromatic heterocycles. The van der Waals surface area contributed by atoms with Crippen molar-refractivity contribution in [2.45, 2.75) is 109 Å². The Morgan fingerprint density at radius 2 is 1.72 bits per heavy atom. The van der Waals surface area contributed by atoms with Crippen molar-refractivity contribution in [2.75, 3.05) is 72.5 Å². The summed E-state index contributed by atoms with van der Waals surface area (Å²) in [6, 6.07) is 8.37. The number of fused-ring (bicyclic) bond motifs is 2. The van der Waals surface area contributed by atoms with Crippen LogP contribution in [0.5, 0.6) is 11.5 Å². The molecule has 412 valence electrons. The summed E-state index contributed by atoms with van der Waals surface area (Å²) in [4.78, 5) is 55.1. The lowest BCUT2D eigenvalue weighted by Crippen LogP contribution is -2.52. The van der Waals surface area contributed by atoms with E-state index in [0.717, 1.165) is 39.4 Å². The van der Waals surface area contributed by atoms with Crippen LogP contribution in [0.2, 0.25) is 0 Å². The summed E-state index contributed by atoms with van der Waals surface area (Å²) < 4.78 is 82.0. The first-order valence-electron chi connectivity index (χ1n) is 25.4. The average molecular weight is 1110 g/mol. The molecule has 0 radical (unpaired) electrons. The van der Waals surface area contributed by atoms with Gasteiger partial charge in [-0.1, -0.05) is 43.5 Å². The maximum Gasteiger partial charge on any atom is 0.737 e. The van der Waals surface area contributed by atoms with Crippen LogP contribution in [0.3, 0.4) is 0 Å². The number of nitrogens with zero attached hydrogens (tertiary/aromatic N) is 5. The minimum absolute atomic E-state index is 0.00260. The second kappa shape index (κ2) is 28.2. The lowest BCUT2D eigenvalue weighted by atomic mass is 9.88. The van der Waals surface area contributed by atoms with Crippen molar-refractivity contribution in [3.8, 4) is 11.5 Å². The second-order valence-electron chi connectivity index (χ2n) is 19.6. The fraction of sp³-hybridized carbons (Fsp3) is 0.540. The molecular weight excluding hydrogens is 1030 g/mol. The summed E-state index contributed by atoms with van der Waals surface area (Å²) in [5, 5.41) is 23.9. The van der Waals surface area contributed by atoms with Crippen LogP contribution in [0.15, 0.2) is 65.0 Å². The Kier molecular flexibility index (Phi) is 22.7. The van der Waals surface area contributed by atoms with E-state index in [1.54, 1.807) is 39.9 Å². The molecule has 75 heavy (non-hydrogen) atoms. The molecule has 4 heterocycles. The minimum atomic E-state index is -4.75. The van der Waals surface area contributed by atoms with Crippen molar-refractivity contribution in [1.29, 1.82) is 0 Å². The van der Waals surface area contributed by atoms with Gasteiger partial charge in [-0.05, 0) is 85.3 Å². The van der Waals surface area contributed by atoms with E-state index in [4.69, 9.17) is 9.47 Å². The summed E-state index contributed by atoms with van der Waals surface area (Å²) in [6.07, 6.45) is 9.30. The number of allylic oxidation sites excluding steroid dienone is 2. The third-order valence-corrected chi connectivity index (χ3v) is 15.5. The molecule has 5 rings (SSSR count). The zero-order valence-corrected chi connectivity index (χ0v) is 46.4. The summed E-state index contributed by atoms with van der Waals surface area (Å²) in [5.74, 6) is -1.97. The topological polar surface area (TPSA) is 236 Å². The van der Waals surface area contributed by atoms with Gasteiger partial charge in [-0.3, -0.25) is 29.1 Å². The number of ether oxygens (including phenoxy) is 2. The number of quaternary nitrogens is 1. The zero-order chi connectivity index (χ0) is 54.9. The van der Waals surface area contributed by atoms with Crippen LogP contribution in [0, 0.1) is 10.1 Å². The van der Waals surface area contributed by atoms with Crippen LogP contribution in [0.4, 0.5) is 14.3 Å². The highest BCUT2D eigenvalue weighted by molar-refractivity contribution is 8.76. The predicted molar refractivity (Wildman–Crippen MR) is 291 cm³/mol. The van der Waals surface area contributed by atoms with Gasteiger partial charge in [0.25, 0.3) is 15.8 Å². The molecule has 0 saturated heterocycles. The standard InChI is InChI=1S/C50H72BF2N9O10S3/c1-8-15-36-29-38(17-14-26-62(4,5)6)59-42(36)32-43-37(16-9-2)30-39(60(43)51(59,52)53)20-21-48(64)58-41(34-75(68,69)70)50(65)57-23-12-10-18-47(63)55-24-27-72-46-33-44(61(66)67)40(31-45(46)71-7)35(3)54-25-28-73-74-49-19-11-13-22-56-49/h11,13,19,22,29-33,35,41,54H,8-10,12,14-18,20-21,23-28,34H2,1-7H3,(H3-,55,57,58,63,64,65,68,69,70)/p+1. The number of nitro benzene ring substituents is 1. The molecule has 25 heteroatoms. The van der Waals surface area contributed by atoms with Crippen molar-refractivity contribution in [2.24, 2.45) is 0 Å². The van der Waals surface area contributed by atoms with Crippen LogP contribution >= 0.6 is 21.6 Å². The first kappa shape index (κ1) is 60.5. The number of halogens is 2. The number of benzene rings is 1. The molecule has 2 aliphatic heterocycles. The molecule has 2 unspecified atom stereocenters. The Labute approximate surface area is 447 Å². The van der Waals surface area contributed by atoms with E-state index in [0.29, 0.717) is 78.6 Å². The summed E-state index contributed by atoms with van der Waals surface area (Å²) >= 11 is 0. The van der Waals surface area contributed by atoms with E-state index < -0.39 is 45.6 Å². The van der Waals surface area contributed by atoms with Gasteiger partial charge in [0.2, 0.25) is 17.7 Å². The third kappa shape index (κ3) is 17.9. The second-order valence-corrected chi connectivity index (χ2v) is 23.5. The van der Waals surface area contributed by atoms with E-state index in [9.17, 15) is 37.5 Å². The number of hydrogen-bond donors (Lipinski definition) is 5. The monoisotopic (exact) mass is 1100 g/mol. The van der Waals surface area contributed by atoms with Crippen molar-refractivity contribution in [3.05, 3.63) is 92.6 Å². The number of aromatic nitrogens is 2. The van der Waals surface area contributed by atoms with Gasteiger partial charge in [-0.15, -0.1) is 0 Å². The number of nitro groups is 1. The fourth-order valence-corrected chi connectivity index (χ4v) is 11.5. The summed E-state index contributed by atoms with van der Waals surface area (Å²) in [7, 11) is 6.01. The number of pyridine rings is 1. The highest BCUT2D eigenvalue weighted by Gasteiger charge is 2.54. The molecule has 3 amide bonds. The van der Waals surface area contributed by atoms with Gasteiger partial charge in [0.1, 0.15) is 29.1 Å². The molecule has 2 aliphatic rings. The van der Waals surface area contributed by atoms with Gasteiger partial charge in [-0.2, -0.15) is 8.42 Å². The van der Waals surface area contributed by atoms with Crippen molar-refractivity contribution >= 4 is 73.9 Å². The van der Waals surface area contributed by atoms with E-state index in [2.05, 4.69) is 47.4 Å². The molecule has 0 saturated carbocycles. The highest BCUT2D eigenvalue weighted by atomic mass is 33.1. The van der Waals surface area contributed by atoms with Gasteiger partial charge in [0, 0.05) is 80.2 Å². The Bertz CT molecular complexity index is 2700. The van der Waals surface area contributed by atoms with E-state index in [-0.39, 0.29) is 73.8 Å². The van der Waals surface area contributed by atoms with E-state index in [1.807, 2.05) is 51.1 Å². The molecule has 3 aromatic rings. The molecule has 0 spiro atoms. The number of rotatable bonds is 33. The Hall–Kier alpha value is -5.34. The fourth-order valence-electron chi connectivity index (χ4n) is 9.02. The van der Waals surface area contributed by atoms with Gasteiger partial charge in [0.05, 0.1) is 57.9 Å². The van der Waals surface area contributed by atoms with Crippen molar-refractivity contribution < 1.29 is 59.4 Å². The average Bonchev–Trinajstić information content (AvgIpc) is 3.89. The Balaban J connectivity index is 1.09. The normalized spacial score (nSPS) is 14.8. The molecule has 1 aromatic carbocycles. The SMILES string of the molecule is CCCC1=CC(CCC(=O)NC(CS(=O)(=O)O)C(=O)NCCCCC(=O)NCCOc2cc([N+](=O)[O-])c(C(C)NCCSSc3ccccn3)cc2OC)=[N+]2C1=Cc1c(CCC)cc(CCC[N+](C)(C)C)n1[B-]2(F)F. The van der Waals surface area contributed by atoms with E-state index in [1.165, 1.54) is 17.7 Å². The first-order valence-corrected chi connectivity index (χ1v) is 29.3. The summed E-state index contributed by atoms with van der Waals surface area (Å²) in [5.41, 5.74) is 3.57. The van der Waals surface area contributed by atoms with Crippen molar-refractivity contribution in [3.63, 3.8) is 0 Å². The minimum Gasteiger partial charge on any atom is -0.493 e. The summed E-state index contributed by atoms with van der Waals surface area (Å²) in [6.45, 7) is 2.86. The van der Waals surface area contributed by atoms with Crippen LogP contribution in [-0.4, -0.2) is 145 Å². The van der Waals surface area contributed by atoms with Crippen LogP contribution in [0.1, 0.15) is 107 Å². The molecule has 0 aliphatic carbocycles. The molecular formula is C50H73BF2N9O10S3+. The molecule has 0 bridgehead atoms. The Morgan fingerprint density at radius 3 is 2.39 bits per heavy atom. The third-order valence-electron chi connectivity index (χ3n) is 12.5. The zero-order valence-electron chi connectivity index (χ0n) is 44.0. The maximum atomic E-state index is 17.1. The molecule has 19 nitrogen and oxygen atoms in total. The van der Waals surface area contributed by atoms with Crippen LogP contribution in [-0.2, 0) is 37.3 Å². The quantitative estimate of drug-likeness (QED) is 0.00795. The van der Waals surface area contributed by atoms with Crippen molar-refractivity contribution in [1.82, 2.24) is 30.7 Å². The number of methoxy groups -OCH3 is 1. The number of aryl methyl sites for hydroxylation is 2. The van der Waals surface area contributed by atoms with E-state index >= 15 is 8.63 Å². The Morgan fingerprint density at radius 1 is 0.960 bits per heavy atom. The molecule has 5 N–H and O–H groups in total. The predicted octanol–water partition coefficient (Wildman–Crippen LogP) is 6.89. The lowest BCUT2D eigenvalue weighted by molar-refractivity contribution is -0.870. The maximum absolute atomic E-state index is 17.1. The van der Waals surface area contributed by atoms with Gasteiger partial charge < -0.3 is 52.8 Å².